The van der Waals surface area contributed by atoms with Crippen LogP contribution in [0.15, 0.2) is 23.8 Å². The van der Waals surface area contributed by atoms with Crippen molar-refractivity contribution >= 4 is 29.3 Å². The van der Waals surface area contributed by atoms with Crippen LogP contribution in [0.3, 0.4) is 0 Å². The van der Waals surface area contributed by atoms with E-state index in [0.717, 1.165) is 24.2 Å². The Balaban J connectivity index is 1.76. The Kier molecular flexibility index (Phi) is 5.56. The number of aliphatic hydroxyl groups excluding tert-OH is 1. The highest BCUT2D eigenvalue weighted by Crippen LogP contribution is 2.73. The molecule has 1 N–H and O–H groups in total. The highest BCUT2D eigenvalue weighted by atomic mass is 32.2. The summed E-state index contributed by atoms with van der Waals surface area (Å²) in [4.78, 5) is 11.9. The fourth-order valence-corrected chi connectivity index (χ4v) is 10.6. The molecule has 0 aromatic heterocycles. The maximum Gasteiger partial charge on any atom is 0.178 e. The maximum absolute atomic E-state index is 17.0. The van der Waals surface area contributed by atoms with Gasteiger partial charge in [0.2, 0.25) is 0 Å². The molecule has 1 unspecified atom stereocenters. The van der Waals surface area contributed by atoms with Crippen LogP contribution < -0.4 is 0 Å². The fraction of sp³-hybridized carbons (Fsp3) is 0.783. The molecule has 0 aliphatic heterocycles. The molecule has 3 fully saturated rings. The second kappa shape index (κ2) is 7.37. The van der Waals surface area contributed by atoms with Gasteiger partial charge in [0.1, 0.15) is 0 Å². The normalized spacial score (nSPS) is 48.7. The zero-order valence-corrected chi connectivity index (χ0v) is 19.2. The highest BCUT2D eigenvalue weighted by molar-refractivity contribution is 8.18. The fourth-order valence-electron chi connectivity index (χ4n) is 7.11. The largest absolute Gasteiger partial charge is 0.390 e. The van der Waals surface area contributed by atoms with Gasteiger partial charge < -0.3 is 5.11 Å². The van der Waals surface area contributed by atoms with Crippen molar-refractivity contribution in [2.45, 2.75) is 68.7 Å². The Labute approximate surface area is 181 Å². The van der Waals surface area contributed by atoms with E-state index in [4.69, 9.17) is 0 Å². The maximum atomic E-state index is 17.0. The first-order chi connectivity index (χ1) is 13.7. The summed E-state index contributed by atoms with van der Waals surface area (Å²) < 4.78 is 30.0. The summed E-state index contributed by atoms with van der Waals surface area (Å²) in [6.45, 7) is 5.85. The van der Waals surface area contributed by atoms with E-state index in [2.05, 4.69) is 13.8 Å². The van der Waals surface area contributed by atoms with Crippen molar-refractivity contribution in [3.05, 3.63) is 23.8 Å². The predicted molar refractivity (Wildman–Crippen MR) is 118 cm³/mol. The molecular formula is C23H32F2O2S2. The number of aliphatic hydroxyl groups is 1. The van der Waals surface area contributed by atoms with Crippen molar-refractivity contribution in [2.24, 2.45) is 22.7 Å². The van der Waals surface area contributed by atoms with Crippen molar-refractivity contribution in [1.29, 1.82) is 0 Å². The lowest BCUT2D eigenvalue weighted by molar-refractivity contribution is -0.189. The zero-order chi connectivity index (χ0) is 21.1. The molecule has 0 radical (unpaired) electrons. The van der Waals surface area contributed by atoms with Gasteiger partial charge in [-0.1, -0.05) is 25.5 Å². The first-order valence-corrected chi connectivity index (χ1v) is 12.8. The molecular weight excluding hydrogens is 410 g/mol. The molecule has 4 rings (SSSR count). The molecule has 0 amide bonds. The summed E-state index contributed by atoms with van der Waals surface area (Å²) in [6.07, 6.45) is 7.28. The molecule has 4 aliphatic rings. The Morgan fingerprint density at radius 2 is 2.00 bits per heavy atom. The number of carbonyl (C=O) groups is 1. The molecule has 0 bridgehead atoms. The van der Waals surface area contributed by atoms with Crippen LogP contribution in [-0.2, 0) is 4.79 Å². The molecule has 0 heterocycles. The van der Waals surface area contributed by atoms with Gasteiger partial charge in [-0.2, -0.15) is 0 Å². The summed E-state index contributed by atoms with van der Waals surface area (Å²) in [6, 6.07) is 0. The molecule has 0 aromatic rings. The second-order valence-corrected chi connectivity index (χ2v) is 12.7. The lowest BCUT2D eigenvalue weighted by Crippen LogP contribution is -2.67. The summed E-state index contributed by atoms with van der Waals surface area (Å²) in [5.74, 6) is 1.20. The minimum Gasteiger partial charge on any atom is -0.390 e. The molecule has 162 valence electrons. The average molecular weight is 443 g/mol. The van der Waals surface area contributed by atoms with Crippen molar-refractivity contribution in [2.75, 3.05) is 18.2 Å². The number of fused-ring (bicyclic) bond motifs is 5. The second-order valence-electron chi connectivity index (χ2n) is 9.53. The quantitative estimate of drug-likeness (QED) is 0.570. The van der Waals surface area contributed by atoms with E-state index in [1.165, 1.54) is 6.08 Å². The highest BCUT2D eigenvalue weighted by Gasteiger charge is 2.73. The van der Waals surface area contributed by atoms with Crippen LogP contribution in [0.4, 0.5) is 8.78 Å². The topological polar surface area (TPSA) is 37.3 Å². The third-order valence-corrected chi connectivity index (χ3v) is 12.1. The SMILES string of the molecule is CCS[C@@]1(SCCF)CC[C@H]2[C@@H]3CCC4=CC(=O)C=C[C@]4(C)C3(F)[C@@H](O)C[C@@]21C. The molecule has 2 nitrogen and oxygen atoms in total. The number of hydrogen-bond donors (Lipinski definition) is 1. The number of thioether (sulfide) groups is 2. The minimum atomic E-state index is -1.77. The molecule has 0 saturated heterocycles. The number of ketones is 1. The van der Waals surface area contributed by atoms with Gasteiger partial charge in [0, 0.05) is 17.1 Å². The molecule has 7 atom stereocenters. The predicted octanol–water partition coefficient (Wildman–Crippen LogP) is 5.51. The molecule has 4 aliphatic carbocycles. The summed E-state index contributed by atoms with van der Waals surface area (Å²) in [7, 11) is 0. The van der Waals surface area contributed by atoms with Crippen LogP contribution in [0.5, 0.6) is 0 Å². The van der Waals surface area contributed by atoms with Gasteiger partial charge in [-0.3, -0.25) is 9.18 Å². The number of hydrogen-bond acceptors (Lipinski definition) is 4. The first-order valence-electron chi connectivity index (χ1n) is 10.8. The van der Waals surface area contributed by atoms with Crippen molar-refractivity contribution in [3.63, 3.8) is 0 Å². The van der Waals surface area contributed by atoms with E-state index in [0.29, 0.717) is 25.0 Å². The van der Waals surface area contributed by atoms with Gasteiger partial charge in [0.15, 0.2) is 11.5 Å². The van der Waals surface area contributed by atoms with E-state index in [1.807, 2.05) is 18.7 Å². The van der Waals surface area contributed by atoms with Gasteiger partial charge in [0.05, 0.1) is 16.9 Å². The van der Waals surface area contributed by atoms with Crippen LogP contribution in [-0.4, -0.2) is 44.9 Å². The van der Waals surface area contributed by atoms with Crippen LogP contribution in [0.1, 0.15) is 52.9 Å². The Morgan fingerprint density at radius 3 is 2.69 bits per heavy atom. The standard InChI is InChI=1S/C23H32F2O2S2/c1-4-28-22(29-12-11-24)10-8-17-18-6-5-15-13-16(26)7-9-20(15,2)23(18,25)19(27)14-21(17,22)3/h7,9,13,17-19,27H,4-6,8,10-12,14H2,1-3H3/t17-,18-,19-,20-,21-,22+,23?/m0/s1. The molecule has 6 heteroatoms. The van der Waals surface area contributed by atoms with Gasteiger partial charge >= 0.3 is 0 Å². The van der Waals surface area contributed by atoms with E-state index < -0.39 is 17.2 Å². The van der Waals surface area contributed by atoms with Gasteiger partial charge in [-0.25, -0.2) is 4.39 Å². The molecule has 0 spiro atoms. The lowest BCUT2D eigenvalue weighted by atomic mass is 9.46. The monoisotopic (exact) mass is 442 g/mol. The first kappa shape index (κ1) is 21.9. The lowest BCUT2D eigenvalue weighted by Gasteiger charge is -2.63. The summed E-state index contributed by atoms with van der Waals surface area (Å²) in [5, 5.41) is 11.4. The average Bonchev–Trinajstić information content (AvgIpc) is 2.95. The van der Waals surface area contributed by atoms with E-state index in [1.54, 1.807) is 23.9 Å². The van der Waals surface area contributed by atoms with Crippen LogP contribution in [0, 0.1) is 22.7 Å². The van der Waals surface area contributed by atoms with Crippen LogP contribution in [0.2, 0.25) is 0 Å². The number of rotatable bonds is 5. The van der Waals surface area contributed by atoms with E-state index in [9.17, 15) is 14.3 Å². The smallest absolute Gasteiger partial charge is 0.178 e. The summed E-state index contributed by atoms with van der Waals surface area (Å²) >= 11 is 3.55. The van der Waals surface area contributed by atoms with Crippen LogP contribution in [0.25, 0.3) is 0 Å². The van der Waals surface area contributed by atoms with Crippen molar-refractivity contribution < 1.29 is 18.7 Å². The van der Waals surface area contributed by atoms with Gasteiger partial charge in [0.25, 0.3) is 0 Å². The van der Waals surface area contributed by atoms with Crippen LogP contribution >= 0.6 is 23.5 Å². The van der Waals surface area contributed by atoms with Crippen molar-refractivity contribution in [1.82, 2.24) is 0 Å². The van der Waals surface area contributed by atoms with Crippen molar-refractivity contribution in [3.8, 4) is 0 Å². The molecule has 29 heavy (non-hydrogen) atoms. The van der Waals surface area contributed by atoms with E-state index in [-0.39, 0.29) is 33.8 Å². The minimum absolute atomic E-state index is 0.0866. The molecule has 3 saturated carbocycles. The van der Waals surface area contributed by atoms with Gasteiger partial charge in [-0.15, -0.1) is 23.5 Å². The van der Waals surface area contributed by atoms with E-state index >= 15 is 4.39 Å². The Bertz CT molecular complexity index is 755. The van der Waals surface area contributed by atoms with Gasteiger partial charge in [-0.05, 0) is 68.3 Å². The number of alkyl halides is 2. The third-order valence-electron chi connectivity index (χ3n) is 8.48. The number of carbonyl (C=O) groups excluding carboxylic acids is 1. The third kappa shape index (κ3) is 2.80. The number of allylic oxidation sites excluding steroid dienone is 4. The molecule has 0 aromatic carbocycles. The number of halogens is 2. The summed E-state index contributed by atoms with van der Waals surface area (Å²) in [5.41, 5.74) is -2.11. The Hall–Kier alpha value is -0.330. The zero-order valence-electron chi connectivity index (χ0n) is 17.5. The Morgan fingerprint density at radius 1 is 1.24 bits per heavy atom.